The zero-order valence-corrected chi connectivity index (χ0v) is 44.0. The predicted octanol–water partition coefficient (Wildman–Crippen LogP) is 4.46. The molecular weight excluding hydrogens is 871 g/mol. The third kappa shape index (κ3) is 16.4. The molecule has 2 aliphatic heterocycles. The number of nitrogens with one attached hydrogen (secondary N) is 2. The summed E-state index contributed by atoms with van der Waals surface area (Å²) in [6, 6.07) is 6.19. The number of ether oxygens (including phenoxy) is 4. The number of likely N-dealkylation sites (N-methyl/N-ethyl adjacent to an activating group) is 2. The first-order valence-corrected chi connectivity index (χ1v) is 24.7. The summed E-state index contributed by atoms with van der Waals surface area (Å²) in [4.78, 5) is 92.0. The van der Waals surface area contributed by atoms with Crippen molar-refractivity contribution in [2.24, 2.45) is 23.7 Å². The maximum absolute atomic E-state index is 14.7. The largest absolute Gasteiger partial charge is 0.467 e. The number of benzene rings is 1. The molecule has 2 saturated heterocycles. The fourth-order valence-electron chi connectivity index (χ4n) is 9.70. The van der Waals surface area contributed by atoms with Crippen LogP contribution in [0.3, 0.4) is 0 Å². The lowest BCUT2D eigenvalue weighted by Crippen LogP contribution is -2.60. The summed E-state index contributed by atoms with van der Waals surface area (Å²) >= 11 is 0. The molecule has 9 atom stereocenters. The van der Waals surface area contributed by atoms with E-state index in [2.05, 4.69) is 15.5 Å². The fourth-order valence-corrected chi connectivity index (χ4v) is 9.70. The molecule has 2 N–H and O–H groups in total. The number of likely N-dealkylation sites (tertiary alicyclic amines) is 1. The molecular formula is C51H87N7O10. The lowest BCUT2D eigenvalue weighted by Gasteiger charge is -2.41. The van der Waals surface area contributed by atoms with E-state index in [1.807, 2.05) is 105 Å². The Morgan fingerprint density at radius 3 is 1.99 bits per heavy atom. The third-order valence-electron chi connectivity index (χ3n) is 13.7. The van der Waals surface area contributed by atoms with Crippen LogP contribution in [0.4, 0.5) is 4.79 Å². The van der Waals surface area contributed by atoms with Gasteiger partial charge in [0.1, 0.15) is 17.7 Å². The van der Waals surface area contributed by atoms with Gasteiger partial charge in [-0.15, -0.1) is 0 Å². The van der Waals surface area contributed by atoms with Crippen LogP contribution < -0.4 is 10.6 Å². The zero-order chi connectivity index (χ0) is 51.0. The molecule has 0 spiro atoms. The van der Waals surface area contributed by atoms with Gasteiger partial charge in [0.05, 0.1) is 49.8 Å². The molecule has 3 rings (SSSR count). The van der Waals surface area contributed by atoms with E-state index in [1.54, 1.807) is 35.8 Å². The Kier molecular flexibility index (Phi) is 23.2. The van der Waals surface area contributed by atoms with Crippen LogP contribution in [0, 0.1) is 23.7 Å². The number of amides is 5. The van der Waals surface area contributed by atoms with Gasteiger partial charge in [-0.2, -0.15) is 0 Å². The highest BCUT2D eigenvalue weighted by molar-refractivity contribution is 5.90. The summed E-state index contributed by atoms with van der Waals surface area (Å²) in [5.41, 5.74) is 0.314. The van der Waals surface area contributed by atoms with Crippen molar-refractivity contribution in [2.45, 2.75) is 149 Å². The molecule has 17 nitrogen and oxygen atoms in total. The van der Waals surface area contributed by atoms with Gasteiger partial charge >= 0.3 is 12.1 Å². The van der Waals surface area contributed by atoms with Crippen molar-refractivity contribution in [2.75, 3.05) is 81.2 Å². The molecule has 1 aromatic rings. The lowest BCUT2D eigenvalue weighted by molar-refractivity contribution is -0.149. The number of carbonyl (C=O) groups excluding carboxylic acids is 6. The van der Waals surface area contributed by atoms with Crippen LogP contribution >= 0.6 is 0 Å². The average molecular weight is 958 g/mol. The van der Waals surface area contributed by atoms with Gasteiger partial charge in [-0.3, -0.25) is 29.0 Å². The van der Waals surface area contributed by atoms with Crippen molar-refractivity contribution in [1.29, 1.82) is 0 Å². The summed E-state index contributed by atoms with van der Waals surface area (Å²) in [5, 5.41) is 6.01. The van der Waals surface area contributed by atoms with E-state index in [1.165, 1.54) is 14.2 Å². The molecule has 0 aromatic heterocycles. The molecule has 0 radical (unpaired) electrons. The molecule has 68 heavy (non-hydrogen) atoms. The van der Waals surface area contributed by atoms with Gasteiger partial charge < -0.3 is 44.3 Å². The molecule has 386 valence electrons. The Hall–Kier alpha value is -4.32. The van der Waals surface area contributed by atoms with Gasteiger partial charge in [-0.25, -0.2) is 9.59 Å². The normalized spacial score (nSPS) is 19.4. The first-order chi connectivity index (χ1) is 32.0. The van der Waals surface area contributed by atoms with Crippen LogP contribution in [0.15, 0.2) is 30.3 Å². The van der Waals surface area contributed by atoms with Crippen LogP contribution in [0.5, 0.6) is 0 Å². The Labute approximate surface area is 407 Å². The van der Waals surface area contributed by atoms with E-state index in [4.69, 9.17) is 18.9 Å². The third-order valence-corrected chi connectivity index (χ3v) is 13.7. The minimum atomic E-state index is -0.907. The molecule has 0 unspecified atom stereocenters. The Bertz CT molecular complexity index is 1770. The van der Waals surface area contributed by atoms with Crippen LogP contribution in [0.2, 0.25) is 0 Å². The maximum atomic E-state index is 14.7. The van der Waals surface area contributed by atoms with Crippen molar-refractivity contribution in [3.8, 4) is 0 Å². The first-order valence-electron chi connectivity index (χ1n) is 24.7. The second-order valence-electron chi connectivity index (χ2n) is 20.6. The van der Waals surface area contributed by atoms with Gasteiger partial charge in [0.15, 0.2) is 0 Å². The number of hydrogen-bond donors (Lipinski definition) is 2. The molecule has 0 bridgehead atoms. The predicted molar refractivity (Wildman–Crippen MR) is 262 cm³/mol. The van der Waals surface area contributed by atoms with Crippen LogP contribution in [-0.2, 0) is 49.3 Å². The summed E-state index contributed by atoms with van der Waals surface area (Å²) < 4.78 is 22.7. The summed E-state index contributed by atoms with van der Waals surface area (Å²) in [6.07, 6.45) is 0.609. The second-order valence-corrected chi connectivity index (χ2v) is 20.6. The zero-order valence-electron chi connectivity index (χ0n) is 44.0. The van der Waals surface area contributed by atoms with E-state index in [-0.39, 0.29) is 60.3 Å². The van der Waals surface area contributed by atoms with E-state index in [0.29, 0.717) is 65.1 Å². The van der Waals surface area contributed by atoms with Crippen LogP contribution in [0.25, 0.3) is 0 Å². The molecule has 2 heterocycles. The summed E-state index contributed by atoms with van der Waals surface area (Å²) in [5.74, 6) is -2.72. The topological polar surface area (TPSA) is 180 Å². The molecule has 2 aliphatic rings. The standard InChI is InChI=1S/C51H87N7O10/c1-16-35(6)44(40(65-13)32-41(59)58-24-20-23-39(58)45(66-14)36(7)46(60)52-38(49(63)67-15)31-37-21-18-17-19-22-37)55(12)48(62)42(33(2)3)53-47(61)43(34(4)5)54(11)25-26-56-27-29-57(30-28-56)50(64)68-51(8,9)10/h17-19,21-22,33-36,38-40,42-45H,16,20,23-32H2,1-15H3,(H,52,60)(H,53,61)/t35-,36+,38-,39-,40+,42-,43-,44-,45+/m0/s1. The smallest absolute Gasteiger partial charge is 0.410 e. The number of nitrogens with zero attached hydrogens (tertiary/aromatic N) is 5. The highest BCUT2D eigenvalue weighted by Gasteiger charge is 2.44. The van der Waals surface area contributed by atoms with Gasteiger partial charge in [-0.1, -0.05) is 85.2 Å². The Morgan fingerprint density at radius 1 is 0.824 bits per heavy atom. The molecule has 5 amide bonds. The second kappa shape index (κ2) is 27.2. The number of esters is 1. The highest BCUT2D eigenvalue weighted by atomic mass is 16.6. The monoisotopic (exact) mass is 958 g/mol. The van der Waals surface area contributed by atoms with E-state index in [0.717, 1.165) is 5.56 Å². The minimum absolute atomic E-state index is 0.0207. The van der Waals surface area contributed by atoms with Gasteiger partial charge in [0.25, 0.3) is 0 Å². The van der Waals surface area contributed by atoms with E-state index >= 15 is 0 Å². The number of hydrogen-bond acceptors (Lipinski definition) is 12. The van der Waals surface area contributed by atoms with Crippen molar-refractivity contribution in [3.63, 3.8) is 0 Å². The average Bonchev–Trinajstić information content (AvgIpc) is 3.78. The SMILES string of the molecule is CC[C@H](C)[C@@H]([C@@H](CC(=O)N1CCC[C@H]1[C@H](OC)[C@@H](C)C(=O)N[C@@H](Cc1ccccc1)C(=O)OC)OC)N(C)C(=O)[C@@H](NC(=O)[C@H](C(C)C)N(C)CCN1CCN(C(=O)OC(C)(C)C)CC1)C(C)C. The van der Waals surface area contributed by atoms with Crippen molar-refractivity contribution < 1.29 is 47.7 Å². The minimum Gasteiger partial charge on any atom is -0.467 e. The summed E-state index contributed by atoms with van der Waals surface area (Å²) in [7, 11) is 8.03. The maximum Gasteiger partial charge on any atom is 0.410 e. The van der Waals surface area contributed by atoms with E-state index < -0.39 is 59.9 Å². The van der Waals surface area contributed by atoms with Crippen LogP contribution in [0.1, 0.15) is 100 Å². The van der Waals surface area contributed by atoms with Crippen molar-refractivity contribution in [1.82, 2.24) is 35.1 Å². The molecule has 0 aliphatic carbocycles. The molecule has 1 aromatic carbocycles. The van der Waals surface area contributed by atoms with Gasteiger partial charge in [-0.05, 0) is 64.0 Å². The fraction of sp³-hybridized carbons (Fsp3) is 0.765. The highest BCUT2D eigenvalue weighted by Crippen LogP contribution is 2.30. The Morgan fingerprint density at radius 2 is 1.46 bits per heavy atom. The quantitative estimate of drug-likeness (QED) is 0.139. The number of methoxy groups -OCH3 is 3. The number of carbonyl (C=O) groups is 6. The van der Waals surface area contributed by atoms with Gasteiger partial charge in [0, 0.05) is 73.5 Å². The van der Waals surface area contributed by atoms with E-state index in [9.17, 15) is 28.8 Å². The number of rotatable bonds is 24. The van der Waals surface area contributed by atoms with Crippen molar-refractivity contribution in [3.05, 3.63) is 35.9 Å². The summed E-state index contributed by atoms with van der Waals surface area (Å²) in [6.45, 7) is 23.5. The van der Waals surface area contributed by atoms with Crippen molar-refractivity contribution >= 4 is 35.7 Å². The first kappa shape index (κ1) is 58.0. The Balaban J connectivity index is 1.72. The van der Waals surface area contributed by atoms with Crippen LogP contribution in [-0.4, -0.2) is 189 Å². The molecule has 2 fully saturated rings. The van der Waals surface area contributed by atoms with Gasteiger partial charge in [0.2, 0.25) is 23.6 Å². The molecule has 17 heteroatoms. The molecule has 0 saturated carbocycles. The number of piperazine rings is 1. The lowest BCUT2D eigenvalue weighted by atomic mass is 9.89.